The monoisotopic (exact) mass is 668 g/mol. The van der Waals surface area contributed by atoms with Crippen molar-refractivity contribution in [1.29, 1.82) is 0 Å². The number of benzene rings is 2. The minimum Gasteiger partial charge on any atom is -0.457 e. The van der Waals surface area contributed by atoms with Crippen molar-refractivity contribution >= 4 is 57.1 Å². The van der Waals surface area contributed by atoms with Crippen LogP contribution in [-0.4, -0.2) is 45.1 Å². The number of anilines is 4. The second-order valence-electron chi connectivity index (χ2n) is 8.98. The fourth-order valence-corrected chi connectivity index (χ4v) is 3.41. The smallest absolute Gasteiger partial charge is 0.296 e. The van der Waals surface area contributed by atoms with Crippen molar-refractivity contribution in [2.24, 2.45) is 0 Å². The van der Waals surface area contributed by atoms with Crippen molar-refractivity contribution < 1.29 is 28.9 Å². The van der Waals surface area contributed by atoms with E-state index >= 15 is 0 Å². The molecule has 0 radical (unpaired) electrons. The molecule has 0 saturated heterocycles. The van der Waals surface area contributed by atoms with Gasteiger partial charge in [-0.05, 0) is 48.0 Å². The molecule has 0 spiro atoms. The van der Waals surface area contributed by atoms with Crippen LogP contribution in [0.3, 0.4) is 0 Å². The van der Waals surface area contributed by atoms with E-state index in [4.69, 9.17) is 26.8 Å². The van der Waals surface area contributed by atoms with E-state index in [9.17, 15) is 29.8 Å². The lowest BCUT2D eigenvalue weighted by Gasteiger charge is -2.09. The van der Waals surface area contributed by atoms with Crippen LogP contribution in [0.1, 0.15) is 26.7 Å². The molecule has 0 bridgehead atoms. The highest BCUT2D eigenvalue weighted by Gasteiger charge is 2.16. The number of rotatable bonds is 11. The molecule has 0 atom stereocenters. The molecule has 0 aliphatic carbocycles. The maximum atomic E-state index is 11.4. The Bertz CT molecular complexity index is 1710. The van der Waals surface area contributed by atoms with Gasteiger partial charge < -0.3 is 31.2 Å². The summed E-state index contributed by atoms with van der Waals surface area (Å²) in [5, 5.41) is 29.8. The predicted octanol–water partition coefficient (Wildman–Crippen LogP) is 6.74. The molecule has 0 aliphatic rings. The van der Waals surface area contributed by atoms with E-state index in [-0.39, 0.29) is 22.5 Å². The number of nitrogens with two attached hydrogens (primary N) is 1. The highest BCUT2D eigenvalue weighted by Crippen LogP contribution is 2.32. The van der Waals surface area contributed by atoms with Gasteiger partial charge in [-0.25, -0.2) is 9.97 Å². The summed E-state index contributed by atoms with van der Waals surface area (Å²) in [5.41, 5.74) is 6.21. The summed E-state index contributed by atoms with van der Waals surface area (Å²) in [6.45, 7) is 3.45. The summed E-state index contributed by atoms with van der Waals surface area (Å²) in [5.74, 6) is 2.07. The van der Waals surface area contributed by atoms with E-state index in [0.717, 1.165) is 0 Å². The summed E-state index contributed by atoms with van der Waals surface area (Å²) in [6, 6.07) is 15.4. The number of aromatic nitrogens is 2. The molecule has 2 heterocycles. The van der Waals surface area contributed by atoms with E-state index < -0.39 is 9.85 Å². The van der Waals surface area contributed by atoms with Gasteiger partial charge in [-0.1, -0.05) is 13.8 Å². The molecular formula is C30H33ClN8O8. The standard InChI is InChI=1S/C15H16N4O4.C12H12N4O3.C3H5ClO/c1-3-15(20)18-14-9-11(6-7-17-14)23-10-4-5-12(16-2)13(8-10)19(21)22;1-14-10-3-2-8(6-11(10)16(17)18)19-9-4-5-15-12(13)7-9;1-2-3(4)5/h4-9,16H,3H2,1-2H3,(H,17,18,20);2-7,14H,1H3,(H2,13,15);2H2,1H3. The van der Waals surface area contributed by atoms with E-state index in [0.29, 0.717) is 58.9 Å². The molecule has 4 rings (SSSR count). The maximum absolute atomic E-state index is 11.4. The summed E-state index contributed by atoms with van der Waals surface area (Å²) in [4.78, 5) is 49.8. The van der Waals surface area contributed by atoms with Gasteiger partial charge in [0.2, 0.25) is 11.1 Å². The second kappa shape index (κ2) is 18.7. The number of nitro groups is 2. The average Bonchev–Trinajstić information content (AvgIpc) is 3.05. The largest absolute Gasteiger partial charge is 0.457 e. The Balaban J connectivity index is 0.000000290. The fraction of sp³-hybridized carbons (Fsp3) is 0.200. The van der Waals surface area contributed by atoms with Gasteiger partial charge in [0.05, 0.1) is 22.0 Å². The van der Waals surface area contributed by atoms with Crippen LogP contribution >= 0.6 is 11.6 Å². The molecule has 2 aromatic heterocycles. The second-order valence-corrected chi connectivity index (χ2v) is 9.40. The molecule has 0 unspecified atom stereocenters. The summed E-state index contributed by atoms with van der Waals surface area (Å²) in [7, 11) is 3.22. The van der Waals surface area contributed by atoms with Gasteiger partial charge in [-0.15, -0.1) is 0 Å². The third kappa shape index (κ3) is 12.5. The number of carbonyl (C=O) groups excluding carboxylic acids is 2. The molecule has 5 N–H and O–H groups in total. The van der Waals surface area contributed by atoms with Crippen molar-refractivity contribution in [3.05, 3.63) is 93.3 Å². The highest BCUT2D eigenvalue weighted by atomic mass is 35.5. The third-order valence-electron chi connectivity index (χ3n) is 5.69. The Labute approximate surface area is 274 Å². The van der Waals surface area contributed by atoms with Gasteiger partial charge in [-0.2, -0.15) is 0 Å². The van der Waals surface area contributed by atoms with Crippen LogP contribution < -0.4 is 31.2 Å². The number of hydrogen-bond donors (Lipinski definition) is 4. The fourth-order valence-electron chi connectivity index (χ4n) is 3.41. The SMILES string of the molecule is CCC(=O)Cl.CCC(=O)Nc1cc(Oc2ccc(NC)c([N+](=O)[O-])c2)ccn1.CNc1ccc(Oc2ccnc(N)c2)cc1[N+](=O)[O-]. The maximum Gasteiger partial charge on any atom is 0.296 e. The number of hydrogen-bond acceptors (Lipinski definition) is 13. The number of nitro benzene ring substituents is 2. The number of pyridine rings is 2. The molecule has 47 heavy (non-hydrogen) atoms. The summed E-state index contributed by atoms with van der Waals surface area (Å²) in [6.07, 6.45) is 3.75. The summed E-state index contributed by atoms with van der Waals surface area (Å²) < 4.78 is 11.1. The van der Waals surface area contributed by atoms with Gasteiger partial charge in [0.1, 0.15) is 46.0 Å². The van der Waals surface area contributed by atoms with Crippen LogP contribution in [0.4, 0.5) is 34.4 Å². The lowest BCUT2D eigenvalue weighted by atomic mass is 10.2. The minimum atomic E-state index is -0.488. The quantitative estimate of drug-likeness (QED) is 0.0738. The number of amides is 1. The predicted molar refractivity (Wildman–Crippen MR) is 178 cm³/mol. The minimum absolute atomic E-state index is 0.0537. The van der Waals surface area contributed by atoms with Crippen molar-refractivity contribution in [2.75, 3.05) is 35.8 Å². The lowest BCUT2D eigenvalue weighted by molar-refractivity contribution is -0.384. The van der Waals surface area contributed by atoms with Gasteiger partial charge >= 0.3 is 0 Å². The first-order valence-corrected chi connectivity index (χ1v) is 14.2. The number of carbonyl (C=O) groups is 2. The van der Waals surface area contributed by atoms with Gasteiger partial charge in [0.15, 0.2) is 0 Å². The molecule has 248 valence electrons. The van der Waals surface area contributed by atoms with Gasteiger partial charge in [0.25, 0.3) is 11.4 Å². The van der Waals surface area contributed by atoms with Crippen LogP contribution in [0.5, 0.6) is 23.0 Å². The molecule has 17 heteroatoms. The van der Waals surface area contributed by atoms with E-state index in [1.807, 2.05) is 0 Å². The van der Waals surface area contributed by atoms with Crippen LogP contribution in [0.25, 0.3) is 0 Å². The average molecular weight is 669 g/mol. The zero-order valence-corrected chi connectivity index (χ0v) is 26.6. The topological polar surface area (TPSA) is 227 Å². The summed E-state index contributed by atoms with van der Waals surface area (Å²) >= 11 is 4.82. The molecule has 4 aromatic rings. The zero-order chi connectivity index (χ0) is 34.9. The Morgan fingerprint density at radius 3 is 1.62 bits per heavy atom. The van der Waals surface area contributed by atoms with Crippen LogP contribution in [-0.2, 0) is 9.59 Å². The molecule has 16 nitrogen and oxygen atoms in total. The van der Waals surface area contributed by atoms with E-state index in [1.54, 1.807) is 70.4 Å². The molecular weight excluding hydrogens is 636 g/mol. The first kappa shape index (κ1) is 37.2. The van der Waals surface area contributed by atoms with Gasteiger partial charge in [-0.3, -0.25) is 29.8 Å². The number of nitrogens with zero attached hydrogens (tertiary/aromatic N) is 4. The first-order chi connectivity index (χ1) is 22.4. The van der Waals surface area contributed by atoms with E-state index in [2.05, 4.69) is 25.9 Å². The third-order valence-corrected chi connectivity index (χ3v) is 5.96. The van der Waals surface area contributed by atoms with Crippen LogP contribution in [0, 0.1) is 20.2 Å². The highest BCUT2D eigenvalue weighted by molar-refractivity contribution is 6.63. The van der Waals surface area contributed by atoms with Crippen molar-refractivity contribution in [2.45, 2.75) is 26.7 Å². The number of halogens is 1. The molecule has 0 saturated carbocycles. The Morgan fingerprint density at radius 2 is 1.21 bits per heavy atom. The molecule has 2 aromatic carbocycles. The van der Waals surface area contributed by atoms with Crippen molar-refractivity contribution in [3.63, 3.8) is 0 Å². The van der Waals surface area contributed by atoms with Gasteiger partial charge in [0, 0.05) is 51.5 Å². The van der Waals surface area contributed by atoms with Crippen molar-refractivity contribution in [3.8, 4) is 23.0 Å². The zero-order valence-electron chi connectivity index (χ0n) is 25.9. The van der Waals surface area contributed by atoms with Crippen molar-refractivity contribution in [1.82, 2.24) is 9.97 Å². The Hall–Kier alpha value is -6.03. The van der Waals surface area contributed by atoms with Crippen LogP contribution in [0.15, 0.2) is 73.1 Å². The normalized spacial score (nSPS) is 9.72. The number of ether oxygens (including phenoxy) is 2. The lowest BCUT2D eigenvalue weighted by Crippen LogP contribution is -2.10. The van der Waals surface area contributed by atoms with E-state index in [1.165, 1.54) is 30.6 Å². The molecule has 0 fully saturated rings. The number of nitrogen functional groups attached to an aromatic ring is 1. The number of nitrogens with one attached hydrogen (secondary N) is 3. The Morgan fingerprint density at radius 1 is 0.766 bits per heavy atom. The molecule has 0 aliphatic heterocycles. The first-order valence-electron chi connectivity index (χ1n) is 13.8. The molecule has 1 amide bonds. The van der Waals surface area contributed by atoms with Crippen LogP contribution in [0.2, 0.25) is 0 Å². The Kier molecular flexibility index (Phi) is 14.8.